The Balaban J connectivity index is 1.64. The van der Waals surface area contributed by atoms with Gasteiger partial charge in [0.2, 0.25) is 5.88 Å². The molecule has 3 rings (SSSR count). The van der Waals surface area contributed by atoms with Gasteiger partial charge in [-0.2, -0.15) is 13.2 Å². The molecule has 0 spiro atoms. The number of sulfone groups is 1. The van der Waals surface area contributed by atoms with Crippen molar-refractivity contribution in [2.45, 2.75) is 47.6 Å². The topological polar surface area (TPSA) is 106 Å². The number of methoxy groups -OCH3 is 1. The fourth-order valence-corrected chi connectivity index (χ4v) is 5.71. The van der Waals surface area contributed by atoms with E-state index in [9.17, 15) is 31.5 Å². The number of aromatic nitrogens is 1. The number of carbonyl (C=O) groups is 1. The molecule has 33 heavy (non-hydrogen) atoms. The molecule has 0 atom stereocenters. The minimum Gasteiger partial charge on any atom is -0.481 e. The molecule has 1 heterocycles. The maximum Gasteiger partial charge on any atom is 0.416 e. The van der Waals surface area contributed by atoms with E-state index in [1.165, 1.54) is 19.2 Å². The molecule has 1 aliphatic carbocycles. The van der Waals surface area contributed by atoms with Gasteiger partial charge in [0, 0.05) is 18.2 Å². The van der Waals surface area contributed by atoms with Gasteiger partial charge in [0.05, 0.1) is 28.4 Å². The number of alkyl halides is 3. The van der Waals surface area contributed by atoms with E-state index in [2.05, 4.69) is 10.3 Å². The second kappa shape index (κ2) is 9.47. The van der Waals surface area contributed by atoms with E-state index >= 15 is 0 Å². The Hall–Kier alpha value is -2.37. The van der Waals surface area contributed by atoms with Crippen LogP contribution in [-0.2, 0) is 16.0 Å². The number of pyridine rings is 1. The number of carbonyl (C=O) groups excluding carboxylic acids is 1. The Labute approximate surface area is 193 Å². The minimum atomic E-state index is -4.65. The Morgan fingerprint density at radius 3 is 2.55 bits per heavy atom. The number of halogens is 4. The summed E-state index contributed by atoms with van der Waals surface area (Å²) in [6, 6.07) is 6.35. The van der Waals surface area contributed by atoms with Gasteiger partial charge in [-0.05, 0) is 49.9 Å². The van der Waals surface area contributed by atoms with Crippen molar-refractivity contribution in [3.05, 3.63) is 52.7 Å². The van der Waals surface area contributed by atoms with Crippen LogP contribution < -0.4 is 10.1 Å². The quantitative estimate of drug-likeness (QED) is 0.579. The fourth-order valence-electron chi connectivity index (χ4n) is 3.71. The van der Waals surface area contributed by atoms with Crippen LogP contribution in [0.2, 0.25) is 5.15 Å². The number of ether oxygens (including phenoxy) is 1. The normalized spacial score (nSPS) is 21.5. The van der Waals surface area contributed by atoms with E-state index in [0.717, 1.165) is 18.2 Å². The monoisotopic (exact) mass is 506 g/mol. The summed E-state index contributed by atoms with van der Waals surface area (Å²) in [4.78, 5) is 15.9. The molecule has 2 N–H and O–H groups in total. The van der Waals surface area contributed by atoms with Gasteiger partial charge >= 0.3 is 6.18 Å². The van der Waals surface area contributed by atoms with Crippen molar-refractivity contribution in [1.29, 1.82) is 0 Å². The molecule has 0 radical (unpaired) electrons. The maximum absolute atomic E-state index is 13.0. The summed E-state index contributed by atoms with van der Waals surface area (Å²) < 4.78 is 69.6. The Morgan fingerprint density at radius 1 is 1.27 bits per heavy atom. The first-order valence-corrected chi connectivity index (χ1v) is 11.9. The molecule has 1 fully saturated rings. The Kier molecular flexibility index (Phi) is 7.25. The highest BCUT2D eigenvalue weighted by Crippen LogP contribution is 2.36. The molecule has 0 saturated heterocycles. The van der Waals surface area contributed by atoms with Crippen LogP contribution in [0.15, 0.2) is 41.3 Å². The van der Waals surface area contributed by atoms with Gasteiger partial charge in [0.15, 0.2) is 9.84 Å². The third kappa shape index (κ3) is 5.96. The molecule has 0 bridgehead atoms. The molecule has 180 valence electrons. The van der Waals surface area contributed by atoms with Gasteiger partial charge < -0.3 is 15.2 Å². The largest absolute Gasteiger partial charge is 0.481 e. The first kappa shape index (κ1) is 25.3. The summed E-state index contributed by atoms with van der Waals surface area (Å²) >= 11 is 5.85. The Bertz CT molecular complexity index is 1130. The van der Waals surface area contributed by atoms with Crippen LogP contribution in [-0.4, -0.2) is 48.9 Å². The van der Waals surface area contributed by atoms with Crippen LogP contribution in [0.4, 0.5) is 13.2 Å². The number of hydrogen-bond donors (Lipinski definition) is 2. The van der Waals surface area contributed by atoms with Gasteiger partial charge in [0.25, 0.3) is 5.91 Å². The molecular formula is C21H22ClF3N2O5S. The second-order valence-corrected chi connectivity index (χ2v) is 10.5. The van der Waals surface area contributed by atoms with Gasteiger partial charge in [-0.3, -0.25) is 4.79 Å². The average Bonchev–Trinajstić information content (AvgIpc) is 2.77. The molecular weight excluding hydrogens is 485 g/mol. The van der Waals surface area contributed by atoms with Crippen molar-refractivity contribution in [3.63, 3.8) is 0 Å². The third-order valence-electron chi connectivity index (χ3n) is 5.61. The van der Waals surface area contributed by atoms with Crippen molar-refractivity contribution < 1.29 is 36.2 Å². The van der Waals surface area contributed by atoms with Crippen molar-refractivity contribution in [3.8, 4) is 5.88 Å². The van der Waals surface area contributed by atoms with Crippen LogP contribution in [0.5, 0.6) is 5.88 Å². The number of amides is 1. The van der Waals surface area contributed by atoms with E-state index in [1.807, 2.05) is 0 Å². The highest BCUT2D eigenvalue weighted by molar-refractivity contribution is 7.92. The van der Waals surface area contributed by atoms with E-state index in [1.54, 1.807) is 0 Å². The molecule has 1 aromatic carbocycles. The van der Waals surface area contributed by atoms with Crippen LogP contribution >= 0.6 is 11.6 Å². The zero-order valence-electron chi connectivity index (χ0n) is 17.5. The van der Waals surface area contributed by atoms with Gasteiger partial charge in [-0.15, -0.1) is 0 Å². The lowest BCUT2D eigenvalue weighted by molar-refractivity contribution is -0.137. The Morgan fingerprint density at radius 2 is 1.94 bits per heavy atom. The predicted molar refractivity (Wildman–Crippen MR) is 114 cm³/mol. The molecule has 7 nitrogen and oxygen atoms in total. The summed E-state index contributed by atoms with van der Waals surface area (Å²) in [6.07, 6.45) is -4.47. The van der Waals surface area contributed by atoms with Crippen molar-refractivity contribution in [2.75, 3.05) is 13.7 Å². The maximum atomic E-state index is 13.0. The first-order valence-electron chi connectivity index (χ1n) is 9.97. The summed E-state index contributed by atoms with van der Waals surface area (Å²) in [5, 5.41) is 12.5. The number of nitrogens with one attached hydrogen (secondary N) is 1. The molecule has 1 amide bonds. The van der Waals surface area contributed by atoms with E-state index in [4.69, 9.17) is 16.3 Å². The SMILES string of the molecule is COc1cc(C(=O)NCC2(O)CCC(S(=O)(=O)c3cccc(C(F)(F)F)c3)CC2)cc(Cl)n1. The standard InChI is InChI=1S/C21H22ClF3N2O5S/c1-32-18-10-13(9-17(22)27-18)19(28)26-12-20(29)7-5-15(6-8-20)33(30,31)16-4-2-3-14(11-16)21(23,24)25/h2-4,9-11,15,29H,5-8,12H2,1H3,(H,26,28). The van der Waals surface area contributed by atoms with Crippen LogP contribution in [0, 0.1) is 0 Å². The molecule has 12 heteroatoms. The number of nitrogens with zero attached hydrogens (tertiary/aromatic N) is 1. The van der Waals surface area contributed by atoms with Crippen LogP contribution in [0.25, 0.3) is 0 Å². The first-order chi connectivity index (χ1) is 15.3. The van der Waals surface area contributed by atoms with Gasteiger partial charge in [-0.25, -0.2) is 13.4 Å². The lowest BCUT2D eigenvalue weighted by atomic mass is 9.84. The lowest BCUT2D eigenvalue weighted by Crippen LogP contribution is -2.47. The smallest absolute Gasteiger partial charge is 0.416 e. The number of rotatable bonds is 6. The summed E-state index contributed by atoms with van der Waals surface area (Å²) in [5.74, 6) is -0.378. The van der Waals surface area contributed by atoms with Crippen molar-refractivity contribution >= 4 is 27.3 Å². The summed E-state index contributed by atoms with van der Waals surface area (Å²) in [7, 11) is -2.65. The third-order valence-corrected chi connectivity index (χ3v) is 8.07. The lowest BCUT2D eigenvalue weighted by Gasteiger charge is -2.35. The van der Waals surface area contributed by atoms with Gasteiger partial charge in [-0.1, -0.05) is 17.7 Å². The predicted octanol–water partition coefficient (Wildman–Crippen LogP) is 3.64. The zero-order valence-corrected chi connectivity index (χ0v) is 19.1. The second-order valence-electron chi connectivity index (χ2n) is 7.90. The van der Waals surface area contributed by atoms with E-state index in [-0.39, 0.29) is 48.8 Å². The molecule has 1 aromatic heterocycles. The zero-order chi connectivity index (χ0) is 24.4. The molecule has 0 unspecified atom stereocenters. The molecule has 1 saturated carbocycles. The minimum absolute atomic E-state index is 0.0415. The summed E-state index contributed by atoms with van der Waals surface area (Å²) in [6.45, 7) is -0.135. The summed E-state index contributed by atoms with van der Waals surface area (Å²) in [5.41, 5.74) is -2.21. The fraction of sp³-hybridized carbons (Fsp3) is 0.429. The van der Waals surface area contributed by atoms with E-state index < -0.39 is 43.2 Å². The van der Waals surface area contributed by atoms with Crippen molar-refractivity contribution in [1.82, 2.24) is 10.3 Å². The van der Waals surface area contributed by atoms with Crippen molar-refractivity contribution in [2.24, 2.45) is 0 Å². The number of benzene rings is 1. The highest BCUT2D eigenvalue weighted by Gasteiger charge is 2.40. The van der Waals surface area contributed by atoms with Crippen LogP contribution in [0.3, 0.4) is 0 Å². The molecule has 1 aliphatic rings. The average molecular weight is 507 g/mol. The molecule has 0 aliphatic heterocycles. The molecule has 2 aromatic rings. The number of hydrogen-bond acceptors (Lipinski definition) is 6. The van der Waals surface area contributed by atoms with Gasteiger partial charge in [0.1, 0.15) is 5.15 Å². The highest BCUT2D eigenvalue weighted by atomic mass is 35.5. The van der Waals surface area contributed by atoms with Crippen LogP contribution in [0.1, 0.15) is 41.6 Å². The van der Waals surface area contributed by atoms with E-state index in [0.29, 0.717) is 6.07 Å². The number of aliphatic hydroxyl groups is 1.